The monoisotopic (exact) mass is 287 g/mol. The predicted molar refractivity (Wildman–Crippen MR) is 79.7 cm³/mol. The van der Waals surface area contributed by atoms with Crippen LogP contribution in [0.2, 0.25) is 0 Å². The lowest BCUT2D eigenvalue weighted by Gasteiger charge is -2.17. The highest BCUT2D eigenvalue weighted by Gasteiger charge is 2.13. The van der Waals surface area contributed by atoms with Gasteiger partial charge in [0, 0.05) is 5.56 Å². The molecule has 0 saturated heterocycles. The fraction of sp³-hybridized carbons (Fsp3) is 0.235. The molecule has 110 valence electrons. The first kappa shape index (κ1) is 15.0. The van der Waals surface area contributed by atoms with Crippen molar-refractivity contribution in [3.63, 3.8) is 0 Å². The van der Waals surface area contributed by atoms with E-state index < -0.39 is 0 Å². The van der Waals surface area contributed by atoms with Crippen LogP contribution >= 0.6 is 0 Å². The van der Waals surface area contributed by atoms with Crippen LogP contribution in [0.3, 0.4) is 0 Å². The van der Waals surface area contributed by atoms with Gasteiger partial charge in [0.25, 0.3) is 0 Å². The van der Waals surface area contributed by atoms with Gasteiger partial charge in [0.2, 0.25) is 5.91 Å². The number of rotatable bonds is 5. The summed E-state index contributed by atoms with van der Waals surface area (Å²) in [5.41, 5.74) is 1.70. The molecule has 0 aliphatic rings. The van der Waals surface area contributed by atoms with E-state index in [-0.39, 0.29) is 24.2 Å². The summed E-state index contributed by atoms with van der Waals surface area (Å²) in [6.07, 6.45) is 0.222. The number of halogens is 1. The Balaban J connectivity index is 2.00. The summed E-state index contributed by atoms with van der Waals surface area (Å²) in [7, 11) is 1.60. The molecule has 0 fully saturated rings. The van der Waals surface area contributed by atoms with Crippen LogP contribution in [0.15, 0.2) is 48.5 Å². The van der Waals surface area contributed by atoms with Crippen LogP contribution in [-0.4, -0.2) is 13.0 Å². The van der Waals surface area contributed by atoms with Crippen molar-refractivity contribution in [1.82, 2.24) is 5.32 Å². The first-order valence-electron chi connectivity index (χ1n) is 6.77. The molecule has 0 aliphatic carbocycles. The molecule has 1 N–H and O–H groups in total. The number of nitrogens with one attached hydrogen (secondary N) is 1. The van der Waals surface area contributed by atoms with Crippen molar-refractivity contribution < 1.29 is 13.9 Å². The highest BCUT2D eigenvalue weighted by Crippen LogP contribution is 2.24. The van der Waals surface area contributed by atoms with Gasteiger partial charge < -0.3 is 10.1 Å². The minimum Gasteiger partial charge on any atom is -0.496 e. The van der Waals surface area contributed by atoms with Crippen molar-refractivity contribution in [1.29, 1.82) is 0 Å². The number of hydrogen-bond acceptors (Lipinski definition) is 2. The maximum absolute atomic E-state index is 12.8. The van der Waals surface area contributed by atoms with Gasteiger partial charge in [-0.15, -0.1) is 0 Å². The molecular weight excluding hydrogens is 269 g/mol. The summed E-state index contributed by atoms with van der Waals surface area (Å²) in [5.74, 6) is 0.327. The third-order valence-electron chi connectivity index (χ3n) is 3.26. The van der Waals surface area contributed by atoms with Gasteiger partial charge in [-0.3, -0.25) is 4.79 Å². The number of methoxy groups -OCH3 is 1. The fourth-order valence-corrected chi connectivity index (χ4v) is 2.18. The zero-order chi connectivity index (χ0) is 15.2. The smallest absolute Gasteiger partial charge is 0.224 e. The normalized spacial score (nSPS) is 11.8. The van der Waals surface area contributed by atoms with E-state index in [1.165, 1.54) is 12.1 Å². The van der Waals surface area contributed by atoms with E-state index in [4.69, 9.17) is 4.74 Å². The molecule has 0 spiro atoms. The SMILES string of the molecule is COc1ccccc1C(C)NC(=O)Cc1ccc(F)cc1. The van der Waals surface area contributed by atoms with Gasteiger partial charge in [0.15, 0.2) is 0 Å². The first-order valence-corrected chi connectivity index (χ1v) is 6.77. The average molecular weight is 287 g/mol. The summed E-state index contributed by atoms with van der Waals surface area (Å²) in [5, 5.41) is 2.92. The van der Waals surface area contributed by atoms with E-state index in [1.807, 2.05) is 31.2 Å². The molecule has 2 aromatic rings. The Bertz CT molecular complexity index is 610. The largest absolute Gasteiger partial charge is 0.496 e. The van der Waals surface area contributed by atoms with Gasteiger partial charge in [-0.2, -0.15) is 0 Å². The molecule has 0 radical (unpaired) electrons. The van der Waals surface area contributed by atoms with Gasteiger partial charge in [-0.25, -0.2) is 4.39 Å². The van der Waals surface area contributed by atoms with E-state index >= 15 is 0 Å². The highest BCUT2D eigenvalue weighted by molar-refractivity contribution is 5.79. The molecular formula is C17H18FNO2. The third-order valence-corrected chi connectivity index (χ3v) is 3.26. The number of benzene rings is 2. The molecule has 3 nitrogen and oxygen atoms in total. The van der Waals surface area contributed by atoms with Crippen LogP contribution in [-0.2, 0) is 11.2 Å². The lowest BCUT2D eigenvalue weighted by molar-refractivity contribution is -0.121. The lowest BCUT2D eigenvalue weighted by atomic mass is 10.1. The zero-order valence-corrected chi connectivity index (χ0v) is 12.1. The number of carbonyl (C=O) groups excluding carboxylic acids is 1. The molecule has 2 rings (SSSR count). The van der Waals surface area contributed by atoms with E-state index in [2.05, 4.69) is 5.32 Å². The Kier molecular flexibility index (Phi) is 4.93. The van der Waals surface area contributed by atoms with Gasteiger partial charge in [0.1, 0.15) is 11.6 Å². The van der Waals surface area contributed by atoms with Gasteiger partial charge in [-0.05, 0) is 30.7 Å². The molecule has 0 saturated carbocycles. The quantitative estimate of drug-likeness (QED) is 0.916. The molecule has 0 aliphatic heterocycles. The molecule has 4 heteroatoms. The van der Waals surface area contributed by atoms with Crippen LogP contribution in [0, 0.1) is 5.82 Å². The van der Waals surface area contributed by atoms with Crippen molar-refractivity contribution in [2.45, 2.75) is 19.4 Å². The maximum atomic E-state index is 12.8. The second-order valence-electron chi connectivity index (χ2n) is 4.83. The molecule has 1 atom stereocenters. The molecule has 21 heavy (non-hydrogen) atoms. The Morgan fingerprint density at radius 1 is 1.19 bits per heavy atom. The summed E-state index contributed by atoms with van der Waals surface area (Å²) < 4.78 is 18.1. The molecule has 1 unspecified atom stereocenters. The van der Waals surface area contributed by atoms with Gasteiger partial charge in [0.05, 0.1) is 19.6 Å². The highest BCUT2D eigenvalue weighted by atomic mass is 19.1. The topological polar surface area (TPSA) is 38.3 Å². The van der Waals surface area contributed by atoms with Crippen molar-refractivity contribution in [3.8, 4) is 5.75 Å². The lowest BCUT2D eigenvalue weighted by Crippen LogP contribution is -2.28. The Hall–Kier alpha value is -2.36. The Morgan fingerprint density at radius 3 is 2.52 bits per heavy atom. The molecule has 0 heterocycles. The minimum atomic E-state index is -0.304. The van der Waals surface area contributed by atoms with Crippen LogP contribution < -0.4 is 10.1 Å². The Labute approximate surface area is 123 Å². The molecule has 2 aromatic carbocycles. The van der Waals surface area contributed by atoms with Crippen LogP contribution in [0.25, 0.3) is 0 Å². The van der Waals surface area contributed by atoms with Gasteiger partial charge >= 0.3 is 0 Å². The minimum absolute atomic E-state index is 0.111. The predicted octanol–water partition coefficient (Wildman–Crippen LogP) is 3.25. The van der Waals surface area contributed by atoms with Crippen LogP contribution in [0.1, 0.15) is 24.1 Å². The number of carbonyl (C=O) groups is 1. The zero-order valence-electron chi connectivity index (χ0n) is 12.1. The van der Waals surface area contributed by atoms with Crippen molar-refractivity contribution >= 4 is 5.91 Å². The van der Waals surface area contributed by atoms with Gasteiger partial charge in [-0.1, -0.05) is 30.3 Å². The number of amides is 1. The average Bonchev–Trinajstić information content (AvgIpc) is 2.49. The van der Waals surface area contributed by atoms with Crippen molar-refractivity contribution in [2.75, 3.05) is 7.11 Å². The van der Waals surface area contributed by atoms with E-state index in [0.717, 1.165) is 16.9 Å². The van der Waals surface area contributed by atoms with E-state index in [1.54, 1.807) is 19.2 Å². The third kappa shape index (κ3) is 4.05. The summed E-state index contributed by atoms with van der Waals surface area (Å²) in [4.78, 5) is 12.0. The molecule has 0 bridgehead atoms. The molecule has 1 amide bonds. The fourth-order valence-electron chi connectivity index (χ4n) is 2.18. The summed E-state index contributed by atoms with van der Waals surface area (Å²) >= 11 is 0. The second-order valence-corrected chi connectivity index (χ2v) is 4.83. The molecule has 0 aromatic heterocycles. The number of ether oxygens (including phenoxy) is 1. The number of para-hydroxylation sites is 1. The van der Waals surface area contributed by atoms with Crippen molar-refractivity contribution in [3.05, 3.63) is 65.5 Å². The second kappa shape index (κ2) is 6.88. The number of hydrogen-bond donors (Lipinski definition) is 1. The Morgan fingerprint density at radius 2 is 1.86 bits per heavy atom. The van der Waals surface area contributed by atoms with Crippen LogP contribution in [0.4, 0.5) is 4.39 Å². The standard InChI is InChI=1S/C17H18FNO2/c1-12(15-5-3-4-6-16(15)21-2)19-17(20)11-13-7-9-14(18)10-8-13/h3-10,12H,11H2,1-2H3,(H,19,20). The van der Waals surface area contributed by atoms with E-state index in [9.17, 15) is 9.18 Å². The van der Waals surface area contributed by atoms with E-state index in [0.29, 0.717) is 0 Å². The summed E-state index contributed by atoms with van der Waals surface area (Å²) in [6, 6.07) is 13.3. The van der Waals surface area contributed by atoms with Crippen molar-refractivity contribution in [2.24, 2.45) is 0 Å². The van der Waals surface area contributed by atoms with Crippen LogP contribution in [0.5, 0.6) is 5.75 Å². The maximum Gasteiger partial charge on any atom is 0.224 e. The summed E-state index contributed by atoms with van der Waals surface area (Å²) in [6.45, 7) is 1.90. The first-order chi connectivity index (χ1) is 10.1.